The monoisotopic (exact) mass is 514 g/mol. The van der Waals surface area contributed by atoms with E-state index in [1.54, 1.807) is 0 Å². The van der Waals surface area contributed by atoms with Gasteiger partial charge >= 0.3 is 0 Å². The van der Waals surface area contributed by atoms with E-state index >= 15 is 0 Å². The fourth-order valence-electron chi connectivity index (χ4n) is 4.33. The zero-order valence-electron chi connectivity index (χ0n) is 24.2. The molecule has 0 radical (unpaired) electrons. The Bertz CT molecular complexity index is 951. The van der Waals surface area contributed by atoms with Crippen LogP contribution >= 0.6 is 0 Å². The number of rotatable bonds is 20. The highest BCUT2D eigenvalue weighted by Gasteiger charge is 1.97. The Labute approximate surface area is 233 Å². The predicted octanol–water partition coefficient (Wildman–Crippen LogP) is 10.1. The minimum absolute atomic E-state index is 0.783. The predicted molar refractivity (Wildman–Crippen MR) is 163 cm³/mol. The van der Waals surface area contributed by atoms with E-state index in [-0.39, 0.29) is 0 Å². The second kappa shape index (κ2) is 22.2. The van der Waals surface area contributed by atoms with Crippen LogP contribution in [0.3, 0.4) is 0 Å². The van der Waals surface area contributed by atoms with Crippen LogP contribution in [-0.4, -0.2) is 13.2 Å². The highest BCUT2D eigenvalue weighted by Crippen LogP contribution is 2.15. The SMILES string of the molecule is CCCCCCCCCCCCOc1ccc(C#CC#Cc2ccc(OCCCCCCCC)cc2)cc1. The average molecular weight is 515 g/mol. The second-order valence-corrected chi connectivity index (χ2v) is 10.2. The lowest BCUT2D eigenvalue weighted by Crippen LogP contribution is -1.97. The third-order valence-electron chi connectivity index (χ3n) is 6.72. The molecule has 2 aromatic rings. The van der Waals surface area contributed by atoms with Crippen LogP contribution in [0.1, 0.15) is 128 Å². The molecule has 0 saturated heterocycles. The molecular formula is C36H50O2. The van der Waals surface area contributed by atoms with Crippen molar-refractivity contribution < 1.29 is 9.47 Å². The molecule has 0 aliphatic carbocycles. The first-order valence-corrected chi connectivity index (χ1v) is 15.3. The van der Waals surface area contributed by atoms with Crippen molar-refractivity contribution in [2.45, 2.75) is 117 Å². The van der Waals surface area contributed by atoms with Crippen LogP contribution in [0.4, 0.5) is 0 Å². The van der Waals surface area contributed by atoms with E-state index in [0.717, 1.165) is 48.7 Å². The summed E-state index contributed by atoms with van der Waals surface area (Å²) in [4.78, 5) is 0. The molecule has 0 N–H and O–H groups in total. The first kappa shape index (κ1) is 31.4. The van der Waals surface area contributed by atoms with Gasteiger partial charge in [0.05, 0.1) is 13.2 Å². The summed E-state index contributed by atoms with van der Waals surface area (Å²) in [7, 11) is 0. The first-order valence-electron chi connectivity index (χ1n) is 15.3. The Kier molecular flexibility index (Phi) is 18.3. The van der Waals surface area contributed by atoms with Gasteiger partial charge in [0.1, 0.15) is 11.5 Å². The summed E-state index contributed by atoms with van der Waals surface area (Å²) in [6.45, 7) is 6.09. The highest BCUT2D eigenvalue weighted by molar-refractivity contribution is 5.46. The number of benzene rings is 2. The van der Waals surface area contributed by atoms with E-state index in [2.05, 4.69) is 37.5 Å². The molecule has 0 aromatic heterocycles. The lowest BCUT2D eigenvalue weighted by Gasteiger charge is -2.06. The van der Waals surface area contributed by atoms with Crippen molar-refractivity contribution in [3.05, 3.63) is 59.7 Å². The summed E-state index contributed by atoms with van der Waals surface area (Å²) < 4.78 is 11.7. The molecule has 206 valence electrons. The van der Waals surface area contributed by atoms with Crippen molar-refractivity contribution in [1.82, 2.24) is 0 Å². The molecule has 0 aliphatic rings. The molecule has 2 nitrogen and oxygen atoms in total. The zero-order valence-corrected chi connectivity index (χ0v) is 24.2. The molecule has 2 heteroatoms. The minimum atomic E-state index is 0.783. The van der Waals surface area contributed by atoms with Crippen molar-refractivity contribution in [3.63, 3.8) is 0 Å². The van der Waals surface area contributed by atoms with E-state index in [1.165, 1.54) is 89.9 Å². The molecule has 0 atom stereocenters. The minimum Gasteiger partial charge on any atom is -0.494 e. The maximum absolute atomic E-state index is 5.89. The largest absolute Gasteiger partial charge is 0.494 e. The molecule has 0 fully saturated rings. The second-order valence-electron chi connectivity index (χ2n) is 10.2. The molecule has 0 aliphatic heterocycles. The molecule has 0 amide bonds. The van der Waals surface area contributed by atoms with Gasteiger partial charge in [-0.25, -0.2) is 0 Å². The van der Waals surface area contributed by atoms with Gasteiger partial charge in [0.15, 0.2) is 0 Å². The Hall–Kier alpha value is -2.84. The Morgan fingerprint density at radius 2 is 0.737 bits per heavy atom. The lowest BCUT2D eigenvalue weighted by atomic mass is 10.1. The van der Waals surface area contributed by atoms with Crippen LogP contribution < -0.4 is 9.47 Å². The number of ether oxygens (including phenoxy) is 2. The number of hydrogen-bond donors (Lipinski definition) is 0. The van der Waals surface area contributed by atoms with Gasteiger partial charge in [0.25, 0.3) is 0 Å². The molecule has 0 heterocycles. The maximum atomic E-state index is 5.89. The van der Waals surface area contributed by atoms with Gasteiger partial charge in [0, 0.05) is 11.1 Å². The van der Waals surface area contributed by atoms with E-state index in [4.69, 9.17) is 9.47 Å². The third-order valence-corrected chi connectivity index (χ3v) is 6.72. The maximum Gasteiger partial charge on any atom is 0.119 e. The molecule has 38 heavy (non-hydrogen) atoms. The van der Waals surface area contributed by atoms with Gasteiger partial charge in [-0.3, -0.25) is 0 Å². The molecule has 0 bridgehead atoms. The van der Waals surface area contributed by atoms with Crippen LogP contribution in [0.15, 0.2) is 48.5 Å². The number of hydrogen-bond acceptors (Lipinski definition) is 2. The topological polar surface area (TPSA) is 18.5 Å². The summed E-state index contributed by atoms with van der Waals surface area (Å²) in [6, 6.07) is 16.0. The van der Waals surface area contributed by atoms with Crippen molar-refractivity contribution in [2.75, 3.05) is 13.2 Å². The van der Waals surface area contributed by atoms with Crippen molar-refractivity contribution in [3.8, 4) is 35.2 Å². The van der Waals surface area contributed by atoms with Crippen LogP contribution in [0.2, 0.25) is 0 Å². The van der Waals surface area contributed by atoms with Gasteiger partial charge < -0.3 is 9.47 Å². The zero-order chi connectivity index (χ0) is 26.9. The molecule has 0 spiro atoms. The lowest BCUT2D eigenvalue weighted by molar-refractivity contribution is 0.304. The summed E-state index contributed by atoms with van der Waals surface area (Å²) in [6.07, 6.45) is 21.0. The van der Waals surface area contributed by atoms with Crippen LogP contribution in [0.25, 0.3) is 0 Å². The summed E-state index contributed by atoms with van der Waals surface area (Å²) >= 11 is 0. The van der Waals surface area contributed by atoms with Gasteiger partial charge in [-0.15, -0.1) is 0 Å². The van der Waals surface area contributed by atoms with E-state index < -0.39 is 0 Å². The number of unbranched alkanes of at least 4 members (excludes halogenated alkanes) is 14. The van der Waals surface area contributed by atoms with E-state index in [0.29, 0.717) is 0 Å². The summed E-state index contributed by atoms with van der Waals surface area (Å²) in [5.74, 6) is 14.0. The van der Waals surface area contributed by atoms with Gasteiger partial charge in [-0.2, -0.15) is 0 Å². The molecule has 0 saturated carbocycles. The van der Waals surface area contributed by atoms with E-state index in [9.17, 15) is 0 Å². The fourth-order valence-corrected chi connectivity index (χ4v) is 4.33. The van der Waals surface area contributed by atoms with Gasteiger partial charge in [0.2, 0.25) is 0 Å². The van der Waals surface area contributed by atoms with Crippen LogP contribution in [0.5, 0.6) is 11.5 Å². The van der Waals surface area contributed by atoms with E-state index in [1.807, 2.05) is 48.5 Å². The fraction of sp³-hybridized carbons (Fsp3) is 0.556. The average Bonchev–Trinajstić information content (AvgIpc) is 2.95. The van der Waals surface area contributed by atoms with Crippen LogP contribution in [0, 0.1) is 23.7 Å². The Morgan fingerprint density at radius 1 is 0.421 bits per heavy atom. The van der Waals surface area contributed by atoms with Crippen LogP contribution in [-0.2, 0) is 0 Å². The normalized spacial score (nSPS) is 10.3. The molecule has 2 rings (SSSR count). The molecule has 0 unspecified atom stereocenters. The standard InChI is InChI=1S/C36H50O2/c1-3-5-7-9-11-12-13-14-16-20-32-38-36-29-25-34(26-30-36)22-18-17-21-33-23-27-35(28-24-33)37-31-19-15-10-8-6-4-2/h23-30H,3-16,19-20,31-32H2,1-2H3. The van der Waals surface area contributed by atoms with Crippen molar-refractivity contribution >= 4 is 0 Å². The van der Waals surface area contributed by atoms with Crippen molar-refractivity contribution in [2.24, 2.45) is 0 Å². The quantitative estimate of drug-likeness (QED) is 0.129. The summed E-state index contributed by atoms with van der Waals surface area (Å²) in [5.41, 5.74) is 1.89. The molecular weight excluding hydrogens is 464 g/mol. The van der Waals surface area contributed by atoms with Gasteiger partial charge in [-0.1, -0.05) is 116 Å². The third kappa shape index (κ3) is 16.1. The smallest absolute Gasteiger partial charge is 0.119 e. The van der Waals surface area contributed by atoms with Gasteiger partial charge in [-0.05, 0) is 73.2 Å². The Balaban J connectivity index is 1.57. The highest BCUT2D eigenvalue weighted by atomic mass is 16.5. The summed E-state index contributed by atoms with van der Waals surface area (Å²) in [5, 5.41) is 0. The first-order chi connectivity index (χ1) is 18.8. The van der Waals surface area contributed by atoms with Crippen molar-refractivity contribution in [1.29, 1.82) is 0 Å². The Morgan fingerprint density at radius 3 is 1.08 bits per heavy atom. The molecule has 2 aromatic carbocycles.